The van der Waals surface area contributed by atoms with Crippen LogP contribution in [0.25, 0.3) is 0 Å². The molecule has 1 heterocycles. The van der Waals surface area contributed by atoms with Crippen LogP contribution in [0.3, 0.4) is 0 Å². The number of hydrogen-bond acceptors (Lipinski definition) is 8. The molecule has 1 aliphatic heterocycles. The van der Waals surface area contributed by atoms with Crippen molar-refractivity contribution in [1.82, 2.24) is 4.90 Å². The molecule has 5 atom stereocenters. The fourth-order valence-electron chi connectivity index (χ4n) is 1.84. The summed E-state index contributed by atoms with van der Waals surface area (Å²) in [5, 5.41) is 19.6. The molecule has 0 aromatic heterocycles. The van der Waals surface area contributed by atoms with Crippen molar-refractivity contribution in [3.8, 4) is 0 Å². The van der Waals surface area contributed by atoms with Gasteiger partial charge in [0.25, 0.3) is 0 Å². The number of ether oxygens (including phenoxy) is 1. The molecule has 102 valence electrons. The normalized spacial score (nSPS) is 35.5. The second kappa shape index (κ2) is 9.17. The first-order chi connectivity index (χ1) is 7.63. The van der Waals surface area contributed by atoms with E-state index >= 15 is 0 Å². The third-order valence-corrected chi connectivity index (χ3v) is 3.10. The molecule has 1 saturated heterocycles. The number of likely N-dealkylation sites (N-methyl/N-ethyl adjacent to an activating group) is 1. The van der Waals surface area contributed by atoms with E-state index in [0.29, 0.717) is 0 Å². The molecule has 11 heteroatoms. The summed E-state index contributed by atoms with van der Waals surface area (Å²) in [5.41, 5.74) is 0. The summed E-state index contributed by atoms with van der Waals surface area (Å²) in [6, 6.07) is -0.782. The third kappa shape index (κ3) is 6.71. The largest absolute Gasteiger partial charge is 1.00 e. The van der Waals surface area contributed by atoms with Gasteiger partial charge in [-0.05, 0) is 21.0 Å². The molecule has 1 fully saturated rings. The number of hydrogen-bond donors (Lipinski definition) is 2. The van der Waals surface area contributed by atoms with E-state index in [2.05, 4.69) is 4.52 Å². The topological polar surface area (TPSA) is 125 Å². The van der Waals surface area contributed by atoms with Gasteiger partial charge in [-0.1, -0.05) is 0 Å². The Kier molecular flexibility index (Phi) is 11.2. The summed E-state index contributed by atoms with van der Waals surface area (Å²) in [4.78, 5) is 22.5. The molecule has 0 unspecified atom stereocenters. The Morgan fingerprint density at radius 2 is 1.68 bits per heavy atom. The second-order valence-electron chi connectivity index (χ2n) is 4.20. The minimum atomic E-state index is -5.26. The van der Waals surface area contributed by atoms with Crippen LogP contribution >= 0.6 is 7.82 Å². The van der Waals surface area contributed by atoms with Crippen LogP contribution in [-0.4, -0.2) is 59.9 Å². The smallest absolute Gasteiger partial charge is 0.790 e. The monoisotopic (exact) mass is 315 g/mol. The van der Waals surface area contributed by atoms with Gasteiger partial charge in [0.15, 0.2) is 6.29 Å². The summed E-state index contributed by atoms with van der Waals surface area (Å²) in [6.07, 6.45) is -4.81. The molecule has 1 rings (SSSR count). The van der Waals surface area contributed by atoms with E-state index in [-0.39, 0.29) is 59.1 Å². The molecular formula is C8H16NNa2O7P. The zero-order valence-corrected chi connectivity index (χ0v) is 16.6. The summed E-state index contributed by atoms with van der Waals surface area (Å²) in [7, 11) is -2.06. The third-order valence-electron chi connectivity index (χ3n) is 2.64. The Morgan fingerprint density at radius 1 is 1.21 bits per heavy atom. The first kappa shape index (κ1) is 23.2. The molecule has 0 saturated carbocycles. The van der Waals surface area contributed by atoms with Crippen LogP contribution in [0.2, 0.25) is 0 Å². The van der Waals surface area contributed by atoms with Gasteiger partial charge in [-0.2, -0.15) is 0 Å². The van der Waals surface area contributed by atoms with Crippen molar-refractivity contribution in [3.05, 3.63) is 0 Å². The predicted molar refractivity (Wildman–Crippen MR) is 52.5 cm³/mol. The minimum Gasteiger partial charge on any atom is -0.790 e. The van der Waals surface area contributed by atoms with Crippen LogP contribution in [0.4, 0.5) is 0 Å². The second-order valence-corrected chi connectivity index (χ2v) is 5.30. The van der Waals surface area contributed by atoms with Gasteiger partial charge >= 0.3 is 59.1 Å². The van der Waals surface area contributed by atoms with E-state index in [4.69, 9.17) is 4.74 Å². The van der Waals surface area contributed by atoms with Crippen molar-refractivity contribution in [3.63, 3.8) is 0 Å². The molecule has 0 spiro atoms. The molecule has 0 bridgehead atoms. The number of phosphoric acid groups is 1. The first-order valence-corrected chi connectivity index (χ1v) is 6.48. The van der Waals surface area contributed by atoms with E-state index in [1.807, 2.05) is 0 Å². The van der Waals surface area contributed by atoms with Crippen LogP contribution in [0.15, 0.2) is 0 Å². The average Bonchev–Trinajstić information content (AvgIpc) is 2.11. The molecule has 19 heavy (non-hydrogen) atoms. The zero-order chi connectivity index (χ0) is 13.4. The Hall–Kier alpha value is 1.95. The molecule has 0 radical (unpaired) electrons. The zero-order valence-electron chi connectivity index (χ0n) is 11.7. The molecule has 0 amide bonds. The Labute approximate surface area is 156 Å². The molecule has 1 aliphatic rings. The summed E-state index contributed by atoms with van der Waals surface area (Å²) < 4.78 is 19.6. The Morgan fingerprint density at radius 3 is 2.05 bits per heavy atom. The Balaban J connectivity index is 0. The Bertz CT molecular complexity index is 315. The molecule has 8 nitrogen and oxygen atoms in total. The number of rotatable bonds is 3. The van der Waals surface area contributed by atoms with Gasteiger partial charge in [0.2, 0.25) is 0 Å². The standard InChI is InChI=1S/C8H18NO7P.2Na/c1-4-6(10)5(9(2)3)7(11)8(15-4)16-17(12,13)14;;/h4-8,10-11H,1-3H3,(H2,12,13,14);;/q;2*+1/p-2/t4-,5+,6-,7-,8-;;/m1../s1. The van der Waals surface area contributed by atoms with E-state index in [1.54, 1.807) is 14.1 Å². The fraction of sp³-hybridized carbons (Fsp3) is 1.00. The molecule has 0 aromatic rings. The van der Waals surface area contributed by atoms with Crippen molar-refractivity contribution in [2.45, 2.75) is 37.6 Å². The molecule has 0 aromatic carbocycles. The van der Waals surface area contributed by atoms with E-state index in [0.717, 1.165) is 0 Å². The number of aliphatic hydroxyl groups excluding tert-OH is 2. The maximum absolute atomic E-state index is 10.5. The van der Waals surface area contributed by atoms with Crippen molar-refractivity contribution in [2.75, 3.05) is 14.1 Å². The van der Waals surface area contributed by atoms with Crippen molar-refractivity contribution < 1.29 is 92.9 Å². The molecule has 0 aliphatic carbocycles. The predicted octanol–water partition coefficient (Wildman–Crippen LogP) is -8.76. The summed E-state index contributed by atoms with van der Waals surface area (Å²) in [6.45, 7) is 1.49. The quantitative estimate of drug-likeness (QED) is 0.388. The van der Waals surface area contributed by atoms with Crippen LogP contribution in [0, 0.1) is 0 Å². The van der Waals surface area contributed by atoms with Crippen LogP contribution in [-0.2, 0) is 13.8 Å². The van der Waals surface area contributed by atoms with Gasteiger partial charge in [0.05, 0.1) is 26.1 Å². The number of aliphatic hydroxyl groups is 2. The van der Waals surface area contributed by atoms with Crippen LogP contribution < -0.4 is 68.9 Å². The summed E-state index contributed by atoms with van der Waals surface area (Å²) in [5.74, 6) is 0. The van der Waals surface area contributed by atoms with Crippen LogP contribution in [0.5, 0.6) is 0 Å². The maximum atomic E-state index is 10.5. The SMILES string of the molecule is C[C@H]1O[C@H](OP(=O)([O-])[O-])[C@H](O)[C@@H](N(C)C)[C@@H]1O.[Na+].[Na+]. The molecule has 2 N–H and O–H groups in total. The summed E-state index contributed by atoms with van der Waals surface area (Å²) >= 11 is 0. The fourth-order valence-corrected chi connectivity index (χ4v) is 2.27. The van der Waals surface area contributed by atoms with Gasteiger partial charge in [0.1, 0.15) is 6.10 Å². The van der Waals surface area contributed by atoms with Gasteiger partial charge in [0, 0.05) is 0 Å². The van der Waals surface area contributed by atoms with Gasteiger partial charge in [-0.25, -0.2) is 0 Å². The van der Waals surface area contributed by atoms with E-state index < -0.39 is 38.5 Å². The minimum absolute atomic E-state index is 0. The van der Waals surface area contributed by atoms with Gasteiger partial charge in [-0.15, -0.1) is 0 Å². The van der Waals surface area contributed by atoms with Gasteiger partial charge in [-0.3, -0.25) is 0 Å². The van der Waals surface area contributed by atoms with E-state index in [9.17, 15) is 24.6 Å². The maximum Gasteiger partial charge on any atom is 1.00 e. The van der Waals surface area contributed by atoms with E-state index in [1.165, 1.54) is 11.8 Å². The number of nitrogens with zero attached hydrogens (tertiary/aromatic N) is 1. The average molecular weight is 315 g/mol. The van der Waals surface area contributed by atoms with Crippen molar-refractivity contribution >= 4 is 7.82 Å². The van der Waals surface area contributed by atoms with Crippen molar-refractivity contribution in [1.29, 1.82) is 0 Å². The van der Waals surface area contributed by atoms with Crippen molar-refractivity contribution in [2.24, 2.45) is 0 Å². The van der Waals surface area contributed by atoms with Crippen LogP contribution in [0.1, 0.15) is 6.92 Å². The number of phosphoric ester groups is 1. The first-order valence-electron chi connectivity index (χ1n) is 5.02. The van der Waals surface area contributed by atoms with Gasteiger partial charge < -0.3 is 38.7 Å². The molecular weight excluding hydrogens is 299 g/mol.